The maximum Gasteiger partial charge on any atom is 0.261 e. The Hall–Kier alpha value is -1.80. The summed E-state index contributed by atoms with van der Waals surface area (Å²) in [6, 6.07) is 14.1. The van der Waals surface area contributed by atoms with E-state index in [2.05, 4.69) is 27.9 Å². The standard InChI is InChI=1S/C21H24ClIN2O3/c1-3-12-24-21(27)15(2)25(13-16-6-4-5-7-19(16)22)20(26)14-28-18-10-8-17(23)9-11-18/h4-11,15H,3,12-14H2,1-2H3,(H,24,27)/t15-/m1/s1. The number of nitrogens with one attached hydrogen (secondary N) is 1. The molecule has 5 nitrogen and oxygen atoms in total. The molecule has 0 aliphatic heterocycles. The van der Waals surface area contributed by atoms with Crippen molar-refractivity contribution >= 4 is 46.0 Å². The summed E-state index contributed by atoms with van der Waals surface area (Å²) in [4.78, 5) is 26.8. The number of carbonyl (C=O) groups is 2. The van der Waals surface area contributed by atoms with Crippen molar-refractivity contribution in [2.45, 2.75) is 32.9 Å². The number of hydrogen-bond donors (Lipinski definition) is 1. The average Bonchev–Trinajstić information content (AvgIpc) is 2.70. The van der Waals surface area contributed by atoms with Gasteiger partial charge in [0, 0.05) is 21.7 Å². The minimum Gasteiger partial charge on any atom is -0.484 e. The Morgan fingerprint density at radius 1 is 1.18 bits per heavy atom. The van der Waals surface area contributed by atoms with Gasteiger partial charge in [0.2, 0.25) is 5.91 Å². The summed E-state index contributed by atoms with van der Waals surface area (Å²) in [7, 11) is 0. The Bertz CT molecular complexity index is 798. The molecule has 0 aromatic heterocycles. The van der Waals surface area contributed by atoms with Crippen LogP contribution in [0.4, 0.5) is 0 Å². The molecule has 0 radical (unpaired) electrons. The number of carbonyl (C=O) groups excluding carboxylic acids is 2. The first-order chi connectivity index (χ1) is 13.4. The molecule has 2 aromatic rings. The number of benzene rings is 2. The molecule has 28 heavy (non-hydrogen) atoms. The van der Waals surface area contributed by atoms with Crippen LogP contribution in [-0.4, -0.2) is 35.9 Å². The molecule has 0 unspecified atom stereocenters. The zero-order valence-corrected chi connectivity index (χ0v) is 18.9. The lowest BCUT2D eigenvalue weighted by atomic mass is 10.1. The Morgan fingerprint density at radius 3 is 2.50 bits per heavy atom. The van der Waals surface area contributed by atoms with Gasteiger partial charge in [0.15, 0.2) is 6.61 Å². The summed E-state index contributed by atoms with van der Waals surface area (Å²) in [5, 5.41) is 3.40. The first kappa shape index (κ1) is 22.5. The molecular weight excluding hydrogens is 491 g/mol. The second kappa shape index (κ2) is 11.3. The summed E-state index contributed by atoms with van der Waals surface area (Å²) >= 11 is 8.46. The summed E-state index contributed by atoms with van der Waals surface area (Å²) in [6.45, 7) is 4.33. The minimum absolute atomic E-state index is 0.156. The van der Waals surface area contributed by atoms with Gasteiger partial charge >= 0.3 is 0 Å². The fraction of sp³-hybridized carbons (Fsp3) is 0.333. The first-order valence-corrected chi connectivity index (χ1v) is 10.6. The minimum atomic E-state index is -0.643. The van der Waals surface area contributed by atoms with Gasteiger partial charge in [-0.1, -0.05) is 36.7 Å². The van der Waals surface area contributed by atoms with Gasteiger partial charge in [0.25, 0.3) is 5.91 Å². The maximum atomic E-state index is 12.9. The topological polar surface area (TPSA) is 58.6 Å². The second-order valence-corrected chi connectivity index (χ2v) is 7.98. The van der Waals surface area contributed by atoms with E-state index >= 15 is 0 Å². The second-order valence-electron chi connectivity index (χ2n) is 6.32. The fourth-order valence-corrected chi connectivity index (χ4v) is 3.10. The first-order valence-electron chi connectivity index (χ1n) is 9.11. The van der Waals surface area contributed by atoms with E-state index in [0.717, 1.165) is 15.6 Å². The molecule has 1 atom stereocenters. The molecule has 0 spiro atoms. The van der Waals surface area contributed by atoms with Crippen LogP contribution in [0, 0.1) is 3.57 Å². The Morgan fingerprint density at radius 2 is 1.86 bits per heavy atom. The van der Waals surface area contributed by atoms with Gasteiger partial charge in [-0.05, 0) is 71.8 Å². The normalized spacial score (nSPS) is 11.6. The molecule has 7 heteroatoms. The molecule has 0 aliphatic carbocycles. The molecule has 0 aliphatic rings. The third kappa shape index (κ3) is 6.67. The lowest BCUT2D eigenvalue weighted by Gasteiger charge is -2.29. The van der Waals surface area contributed by atoms with Crippen LogP contribution in [0.2, 0.25) is 5.02 Å². The van der Waals surface area contributed by atoms with Crippen LogP contribution in [-0.2, 0) is 16.1 Å². The lowest BCUT2D eigenvalue weighted by Crippen LogP contribution is -2.49. The van der Waals surface area contributed by atoms with Gasteiger partial charge in [-0.2, -0.15) is 0 Å². The summed E-state index contributed by atoms with van der Waals surface area (Å²) in [5.74, 6) is 0.128. The number of nitrogens with zero attached hydrogens (tertiary/aromatic N) is 1. The van der Waals surface area contributed by atoms with Crippen LogP contribution in [0.15, 0.2) is 48.5 Å². The Labute approximate surface area is 184 Å². The van der Waals surface area contributed by atoms with Crippen molar-refractivity contribution in [2.75, 3.05) is 13.2 Å². The maximum absolute atomic E-state index is 12.9. The van der Waals surface area contributed by atoms with Gasteiger partial charge in [-0.3, -0.25) is 9.59 Å². The molecule has 150 valence electrons. The van der Waals surface area contributed by atoms with Gasteiger partial charge in [-0.25, -0.2) is 0 Å². The molecule has 2 rings (SSSR count). The van der Waals surface area contributed by atoms with E-state index in [-0.39, 0.29) is 25.0 Å². The van der Waals surface area contributed by atoms with Gasteiger partial charge in [-0.15, -0.1) is 0 Å². The number of halogens is 2. The number of ether oxygens (including phenoxy) is 1. The predicted octanol–water partition coefficient (Wildman–Crippen LogP) is 4.27. The molecule has 0 fully saturated rings. The highest BCUT2D eigenvalue weighted by atomic mass is 127. The highest BCUT2D eigenvalue weighted by Crippen LogP contribution is 2.19. The van der Waals surface area contributed by atoms with E-state index in [0.29, 0.717) is 17.3 Å². The Kier molecular flexibility index (Phi) is 9.05. The summed E-state index contributed by atoms with van der Waals surface area (Å²) in [5.41, 5.74) is 0.780. The molecule has 1 N–H and O–H groups in total. The zero-order valence-electron chi connectivity index (χ0n) is 16.0. The number of rotatable bonds is 9. The van der Waals surface area contributed by atoms with E-state index < -0.39 is 6.04 Å². The third-order valence-corrected chi connectivity index (χ3v) is 5.28. The van der Waals surface area contributed by atoms with Crippen molar-refractivity contribution in [2.24, 2.45) is 0 Å². The monoisotopic (exact) mass is 514 g/mol. The lowest BCUT2D eigenvalue weighted by molar-refractivity contribution is -0.142. The predicted molar refractivity (Wildman–Crippen MR) is 119 cm³/mol. The fourth-order valence-electron chi connectivity index (χ4n) is 2.55. The summed E-state index contributed by atoms with van der Waals surface area (Å²) < 4.78 is 6.70. The highest BCUT2D eigenvalue weighted by molar-refractivity contribution is 14.1. The molecule has 2 amide bonds. The van der Waals surface area contributed by atoms with E-state index in [1.807, 2.05) is 49.4 Å². The van der Waals surface area contributed by atoms with Crippen molar-refractivity contribution in [3.63, 3.8) is 0 Å². The van der Waals surface area contributed by atoms with E-state index in [1.165, 1.54) is 4.90 Å². The van der Waals surface area contributed by atoms with Gasteiger partial charge in [0.05, 0.1) is 0 Å². The Balaban J connectivity index is 2.13. The quantitative estimate of drug-likeness (QED) is 0.509. The number of amides is 2. The number of hydrogen-bond acceptors (Lipinski definition) is 3. The van der Waals surface area contributed by atoms with Crippen LogP contribution >= 0.6 is 34.2 Å². The van der Waals surface area contributed by atoms with Crippen LogP contribution in [0.3, 0.4) is 0 Å². The van der Waals surface area contributed by atoms with E-state index in [1.54, 1.807) is 13.0 Å². The smallest absolute Gasteiger partial charge is 0.261 e. The van der Waals surface area contributed by atoms with Crippen LogP contribution in [0.25, 0.3) is 0 Å². The van der Waals surface area contributed by atoms with Crippen LogP contribution in [0.5, 0.6) is 5.75 Å². The zero-order chi connectivity index (χ0) is 20.5. The van der Waals surface area contributed by atoms with Crippen molar-refractivity contribution < 1.29 is 14.3 Å². The van der Waals surface area contributed by atoms with E-state index in [9.17, 15) is 9.59 Å². The van der Waals surface area contributed by atoms with E-state index in [4.69, 9.17) is 16.3 Å². The molecule has 0 saturated heterocycles. The molecule has 2 aromatic carbocycles. The average molecular weight is 515 g/mol. The highest BCUT2D eigenvalue weighted by Gasteiger charge is 2.26. The van der Waals surface area contributed by atoms with Crippen molar-refractivity contribution in [1.29, 1.82) is 0 Å². The summed E-state index contributed by atoms with van der Waals surface area (Å²) in [6.07, 6.45) is 0.826. The molecular formula is C21H24ClIN2O3. The SMILES string of the molecule is CCCNC(=O)[C@@H](C)N(Cc1ccccc1Cl)C(=O)COc1ccc(I)cc1. The third-order valence-electron chi connectivity index (χ3n) is 4.19. The largest absolute Gasteiger partial charge is 0.484 e. The van der Waals surface area contributed by atoms with Crippen LogP contribution in [0.1, 0.15) is 25.8 Å². The molecule has 0 heterocycles. The van der Waals surface area contributed by atoms with Crippen molar-refractivity contribution in [3.8, 4) is 5.75 Å². The van der Waals surface area contributed by atoms with Gasteiger partial charge in [0.1, 0.15) is 11.8 Å². The molecule has 0 bridgehead atoms. The van der Waals surface area contributed by atoms with Crippen molar-refractivity contribution in [3.05, 3.63) is 62.7 Å². The van der Waals surface area contributed by atoms with Crippen LogP contribution < -0.4 is 10.1 Å². The molecule has 0 saturated carbocycles. The van der Waals surface area contributed by atoms with Crippen molar-refractivity contribution in [1.82, 2.24) is 10.2 Å². The van der Waals surface area contributed by atoms with Gasteiger partial charge < -0.3 is 15.0 Å².